The van der Waals surface area contributed by atoms with E-state index < -0.39 is 12.1 Å². The summed E-state index contributed by atoms with van der Waals surface area (Å²) in [5, 5.41) is 2.92. The van der Waals surface area contributed by atoms with Crippen LogP contribution < -0.4 is 15.5 Å². The Hall–Kier alpha value is -3.93. The number of methoxy groups -OCH3 is 1. The Bertz CT molecular complexity index is 1140. The van der Waals surface area contributed by atoms with Crippen LogP contribution in [0, 0.1) is 6.92 Å². The molecule has 0 unspecified atom stereocenters. The van der Waals surface area contributed by atoms with E-state index in [2.05, 4.69) is 10.7 Å². The summed E-state index contributed by atoms with van der Waals surface area (Å²) in [5.74, 6) is 0.168. The minimum absolute atomic E-state index is 0.269. The molecule has 1 heterocycles. The molecule has 0 aliphatic carbocycles. The third kappa shape index (κ3) is 4.48. The Balaban J connectivity index is 1.69. The van der Waals surface area contributed by atoms with Crippen molar-refractivity contribution in [1.82, 2.24) is 10.7 Å². The van der Waals surface area contributed by atoms with E-state index in [0.717, 1.165) is 22.4 Å². The number of amides is 2. The summed E-state index contributed by atoms with van der Waals surface area (Å²) in [5.41, 5.74) is 6.17. The van der Waals surface area contributed by atoms with Crippen LogP contribution in [-0.4, -0.2) is 35.9 Å². The molecule has 1 aliphatic rings. The lowest BCUT2D eigenvalue weighted by Crippen LogP contribution is -2.42. The van der Waals surface area contributed by atoms with E-state index >= 15 is 0 Å². The van der Waals surface area contributed by atoms with Crippen molar-refractivity contribution in [3.05, 3.63) is 101 Å². The molecule has 3 aromatic carbocycles. The molecule has 2 atom stereocenters. The molecule has 4 rings (SSSR count). The van der Waals surface area contributed by atoms with Gasteiger partial charge in [0.15, 0.2) is 6.04 Å². The average molecular weight is 414 g/mol. The molecule has 6 heteroatoms. The molecule has 0 bridgehead atoms. The van der Waals surface area contributed by atoms with E-state index in [1.165, 1.54) is 0 Å². The number of nitrogens with one attached hydrogen (secondary N) is 2. The lowest BCUT2D eigenvalue weighted by molar-refractivity contribution is -0.596. The zero-order valence-electron chi connectivity index (χ0n) is 17.4. The van der Waals surface area contributed by atoms with Gasteiger partial charge in [-0.15, -0.1) is 10.1 Å². The molecule has 6 nitrogen and oxygen atoms in total. The van der Waals surface area contributed by atoms with Gasteiger partial charge in [-0.2, -0.15) is 0 Å². The van der Waals surface area contributed by atoms with E-state index in [0.29, 0.717) is 5.56 Å². The molecule has 0 aromatic heterocycles. The Morgan fingerprint density at radius 1 is 1.03 bits per heavy atom. The van der Waals surface area contributed by atoms with Crippen LogP contribution in [-0.2, 0) is 4.79 Å². The van der Waals surface area contributed by atoms with E-state index in [1.807, 2.05) is 79.9 Å². The van der Waals surface area contributed by atoms with Gasteiger partial charge in [-0.05, 0) is 37.3 Å². The molecule has 2 N–H and O–H groups in total. The molecule has 2 amide bonds. The minimum atomic E-state index is -0.753. The smallest absolute Gasteiger partial charge is 0.304 e. The number of benzene rings is 3. The van der Waals surface area contributed by atoms with Gasteiger partial charge in [0.25, 0.3) is 5.91 Å². The fraction of sp³-hybridized carbons (Fsp3) is 0.160. The van der Waals surface area contributed by atoms with Crippen LogP contribution >= 0.6 is 0 Å². The van der Waals surface area contributed by atoms with E-state index in [4.69, 9.17) is 4.74 Å². The number of hydrazine groups is 1. The number of hydrazone groups is 1. The number of ether oxygens (including phenoxy) is 1. The monoisotopic (exact) mass is 414 g/mol. The highest BCUT2D eigenvalue weighted by atomic mass is 16.5. The van der Waals surface area contributed by atoms with Gasteiger partial charge in [-0.3, -0.25) is 9.59 Å². The summed E-state index contributed by atoms with van der Waals surface area (Å²) in [6.45, 7) is 1.93. The third-order valence-electron chi connectivity index (χ3n) is 5.23. The first-order valence-electron chi connectivity index (χ1n) is 10.1. The second-order valence-corrected chi connectivity index (χ2v) is 7.47. The lowest BCUT2D eigenvalue weighted by atomic mass is 9.99. The second-order valence-electron chi connectivity index (χ2n) is 7.47. The predicted molar refractivity (Wildman–Crippen MR) is 118 cm³/mol. The Morgan fingerprint density at radius 2 is 1.81 bits per heavy atom. The zero-order chi connectivity index (χ0) is 21.8. The fourth-order valence-electron chi connectivity index (χ4n) is 3.72. The molecular formula is C25H24N3O3+. The van der Waals surface area contributed by atoms with Gasteiger partial charge in [0.05, 0.1) is 7.11 Å². The topological polar surface area (TPSA) is 70.4 Å². The first-order valence-corrected chi connectivity index (χ1v) is 10.1. The predicted octanol–water partition coefficient (Wildman–Crippen LogP) is 3.02. The highest BCUT2D eigenvalue weighted by Crippen LogP contribution is 2.25. The van der Waals surface area contributed by atoms with Crippen molar-refractivity contribution in [2.24, 2.45) is 0 Å². The maximum atomic E-state index is 12.9. The molecule has 31 heavy (non-hydrogen) atoms. The first kappa shape index (κ1) is 20.3. The summed E-state index contributed by atoms with van der Waals surface area (Å²) < 4.78 is 7.05. The van der Waals surface area contributed by atoms with Crippen molar-refractivity contribution < 1.29 is 19.0 Å². The van der Waals surface area contributed by atoms with Crippen molar-refractivity contribution in [1.29, 1.82) is 0 Å². The van der Waals surface area contributed by atoms with Gasteiger partial charge < -0.3 is 10.1 Å². The lowest BCUT2D eigenvalue weighted by Gasteiger charge is -2.15. The molecule has 3 aromatic rings. The number of carbonyl (C=O) groups excluding carboxylic acids is 2. The Kier molecular flexibility index (Phi) is 5.80. The van der Waals surface area contributed by atoms with Gasteiger partial charge in [-0.1, -0.05) is 54.1 Å². The highest BCUT2D eigenvalue weighted by molar-refractivity contribution is 5.98. The summed E-state index contributed by atoms with van der Waals surface area (Å²) >= 11 is 0. The van der Waals surface area contributed by atoms with Gasteiger partial charge in [0.2, 0.25) is 12.3 Å². The summed E-state index contributed by atoms with van der Waals surface area (Å²) in [4.78, 5) is 25.8. The number of aryl methyl sites for hydroxylation is 1. The largest absolute Gasteiger partial charge is 0.497 e. The van der Waals surface area contributed by atoms with Crippen molar-refractivity contribution in [3.8, 4) is 5.75 Å². The Morgan fingerprint density at radius 3 is 2.55 bits per heavy atom. The van der Waals surface area contributed by atoms with Crippen molar-refractivity contribution in [3.63, 3.8) is 0 Å². The molecule has 0 saturated carbocycles. The van der Waals surface area contributed by atoms with E-state index in [-0.39, 0.29) is 11.8 Å². The van der Waals surface area contributed by atoms with Crippen LogP contribution in [0.25, 0.3) is 0 Å². The van der Waals surface area contributed by atoms with Crippen LogP contribution in [0.3, 0.4) is 0 Å². The summed E-state index contributed by atoms with van der Waals surface area (Å²) in [6.07, 6.45) is 1.84. The first-order chi connectivity index (χ1) is 15.0. The fourth-order valence-corrected chi connectivity index (χ4v) is 3.72. The van der Waals surface area contributed by atoms with Gasteiger partial charge in [0, 0.05) is 16.7 Å². The van der Waals surface area contributed by atoms with Crippen LogP contribution in [0.2, 0.25) is 0 Å². The quantitative estimate of drug-likeness (QED) is 0.631. The van der Waals surface area contributed by atoms with Gasteiger partial charge in [-0.25, -0.2) is 0 Å². The standard InChI is InChI=1S/C25H23N3O3/c1-17-8-6-12-20(14-17)24(29)26-22-23(19-10-4-3-5-11-19)28(27-25(22)30)16-18-9-7-13-21(15-18)31-2/h3-16,22-23H,1-2H3,(H-,26,27,29,30)/p+1/b28-16-/t22-,23+/m0/s1. The molecule has 1 fully saturated rings. The molecule has 0 spiro atoms. The molecule has 1 saturated heterocycles. The van der Waals surface area contributed by atoms with Crippen LogP contribution in [0.5, 0.6) is 5.75 Å². The third-order valence-corrected chi connectivity index (χ3v) is 5.23. The number of hydrogen-bond acceptors (Lipinski definition) is 3. The van der Waals surface area contributed by atoms with E-state index in [9.17, 15) is 9.59 Å². The van der Waals surface area contributed by atoms with Crippen molar-refractivity contribution in [2.75, 3.05) is 7.11 Å². The second kappa shape index (κ2) is 8.83. The number of rotatable bonds is 5. The van der Waals surface area contributed by atoms with Crippen LogP contribution in [0.4, 0.5) is 0 Å². The number of nitrogens with zero attached hydrogens (tertiary/aromatic N) is 1. The zero-order valence-corrected chi connectivity index (χ0v) is 17.4. The minimum Gasteiger partial charge on any atom is -0.497 e. The number of hydrogen-bond donors (Lipinski definition) is 2. The Labute approximate surface area is 181 Å². The highest BCUT2D eigenvalue weighted by Gasteiger charge is 2.47. The normalized spacial score (nSPS) is 19.2. The molecule has 0 radical (unpaired) electrons. The van der Waals surface area contributed by atoms with Crippen LogP contribution in [0.15, 0.2) is 78.9 Å². The van der Waals surface area contributed by atoms with Crippen molar-refractivity contribution in [2.45, 2.75) is 19.0 Å². The summed E-state index contributed by atoms with van der Waals surface area (Å²) in [6, 6.07) is 23.4. The SMILES string of the molecule is COc1cccc(/C=[N+]2\NC(=O)[C@@H](NC(=O)c3cccc(C)c3)[C@H]2c2ccccc2)c1. The molecular weight excluding hydrogens is 390 g/mol. The summed E-state index contributed by atoms with van der Waals surface area (Å²) in [7, 11) is 1.61. The van der Waals surface area contributed by atoms with Gasteiger partial charge >= 0.3 is 5.91 Å². The van der Waals surface area contributed by atoms with Gasteiger partial charge in [0.1, 0.15) is 5.75 Å². The maximum Gasteiger partial charge on any atom is 0.304 e. The van der Waals surface area contributed by atoms with Crippen molar-refractivity contribution >= 4 is 18.0 Å². The van der Waals surface area contributed by atoms with E-state index in [1.54, 1.807) is 23.9 Å². The number of carbonyl (C=O) groups is 2. The van der Waals surface area contributed by atoms with Crippen LogP contribution in [0.1, 0.15) is 33.1 Å². The molecule has 156 valence electrons. The average Bonchev–Trinajstić information content (AvgIpc) is 3.08. The molecule has 1 aliphatic heterocycles. The maximum absolute atomic E-state index is 12.9.